The molecule has 1 aliphatic carbocycles. The topological polar surface area (TPSA) is 89.0 Å². The van der Waals surface area contributed by atoms with Crippen molar-refractivity contribution >= 4 is 41.2 Å². The predicted octanol–water partition coefficient (Wildman–Crippen LogP) is 3.31. The molecule has 1 saturated carbocycles. The lowest BCUT2D eigenvalue weighted by Crippen LogP contribution is -2.38. The molecule has 29 heavy (non-hydrogen) atoms. The summed E-state index contributed by atoms with van der Waals surface area (Å²) in [6.45, 7) is 0.217. The second-order valence-electron chi connectivity index (χ2n) is 6.36. The molecule has 0 spiro atoms. The summed E-state index contributed by atoms with van der Waals surface area (Å²) < 4.78 is 11.2. The molecular weight excluding hydrogens is 417 g/mol. The molecule has 2 amide bonds. The van der Waals surface area contributed by atoms with Crippen LogP contribution in [0.15, 0.2) is 41.5 Å². The van der Waals surface area contributed by atoms with E-state index in [4.69, 9.17) is 32.7 Å². The predicted molar refractivity (Wildman–Crippen MR) is 111 cm³/mol. The van der Waals surface area contributed by atoms with Crippen LogP contribution >= 0.6 is 23.2 Å². The van der Waals surface area contributed by atoms with Gasteiger partial charge in [-0.3, -0.25) is 9.59 Å². The third-order valence-electron chi connectivity index (χ3n) is 4.08. The molecule has 9 heteroatoms. The Morgan fingerprint density at radius 3 is 2.66 bits per heavy atom. The van der Waals surface area contributed by atoms with E-state index in [1.807, 2.05) is 0 Å². The Morgan fingerprint density at radius 1 is 1.17 bits per heavy atom. The third-order valence-corrected chi connectivity index (χ3v) is 4.82. The maximum absolute atomic E-state index is 11.8. The van der Waals surface area contributed by atoms with Gasteiger partial charge in [0.25, 0.3) is 0 Å². The zero-order valence-electron chi connectivity index (χ0n) is 15.6. The number of hydrazone groups is 1. The molecule has 2 aromatic rings. The van der Waals surface area contributed by atoms with Crippen molar-refractivity contribution in [2.45, 2.75) is 25.5 Å². The SMILES string of the molecule is COc1cccc(/C=N\NC(=O)C(=O)NC2CC2)c1OCc1ccc(Cl)c(Cl)c1. The Balaban J connectivity index is 1.68. The summed E-state index contributed by atoms with van der Waals surface area (Å²) in [4.78, 5) is 23.4. The van der Waals surface area contributed by atoms with Crippen LogP contribution in [-0.2, 0) is 16.2 Å². The Hall–Kier alpha value is -2.77. The zero-order chi connectivity index (χ0) is 20.8. The van der Waals surface area contributed by atoms with Gasteiger partial charge in [-0.05, 0) is 42.7 Å². The number of benzene rings is 2. The summed E-state index contributed by atoms with van der Waals surface area (Å²) in [7, 11) is 1.52. The van der Waals surface area contributed by atoms with Gasteiger partial charge < -0.3 is 14.8 Å². The number of methoxy groups -OCH3 is 1. The molecule has 152 valence electrons. The average molecular weight is 436 g/mol. The molecule has 0 bridgehead atoms. The fraction of sp³-hybridized carbons (Fsp3) is 0.250. The lowest BCUT2D eigenvalue weighted by Gasteiger charge is -2.13. The second kappa shape index (κ2) is 9.62. The van der Waals surface area contributed by atoms with Crippen molar-refractivity contribution in [3.8, 4) is 11.5 Å². The van der Waals surface area contributed by atoms with Crippen LogP contribution < -0.4 is 20.2 Å². The molecule has 0 radical (unpaired) electrons. The summed E-state index contributed by atoms with van der Waals surface area (Å²) in [6.07, 6.45) is 3.17. The van der Waals surface area contributed by atoms with Crippen LogP contribution in [0.2, 0.25) is 10.0 Å². The standard InChI is InChI=1S/C20H19Cl2N3O4/c1-28-17-4-2-3-13(10-23-25-20(27)19(26)24-14-6-7-14)18(17)29-11-12-5-8-15(21)16(22)9-12/h2-5,8-10,14H,6-7,11H2,1H3,(H,24,26)(H,25,27)/b23-10-. The molecular formula is C20H19Cl2N3O4. The number of hydrogen-bond acceptors (Lipinski definition) is 5. The minimum Gasteiger partial charge on any atom is -0.493 e. The van der Waals surface area contributed by atoms with E-state index < -0.39 is 11.8 Å². The lowest BCUT2D eigenvalue weighted by molar-refractivity contribution is -0.139. The molecule has 0 aromatic heterocycles. The molecule has 0 heterocycles. The van der Waals surface area contributed by atoms with Crippen molar-refractivity contribution in [3.05, 3.63) is 57.6 Å². The van der Waals surface area contributed by atoms with Crippen LogP contribution in [0.4, 0.5) is 0 Å². The van der Waals surface area contributed by atoms with Gasteiger partial charge in [-0.1, -0.05) is 35.3 Å². The molecule has 7 nitrogen and oxygen atoms in total. The van der Waals surface area contributed by atoms with Crippen molar-refractivity contribution in [2.75, 3.05) is 7.11 Å². The highest BCUT2D eigenvalue weighted by Crippen LogP contribution is 2.31. The Morgan fingerprint density at radius 2 is 1.97 bits per heavy atom. The lowest BCUT2D eigenvalue weighted by atomic mass is 10.2. The Bertz CT molecular complexity index is 945. The number of amides is 2. The van der Waals surface area contributed by atoms with Crippen LogP contribution in [0.1, 0.15) is 24.0 Å². The molecule has 0 atom stereocenters. The molecule has 2 aromatic carbocycles. The van der Waals surface area contributed by atoms with Gasteiger partial charge in [0, 0.05) is 11.6 Å². The largest absolute Gasteiger partial charge is 0.493 e. The number of nitrogens with zero attached hydrogens (tertiary/aromatic N) is 1. The molecule has 0 unspecified atom stereocenters. The van der Waals surface area contributed by atoms with Crippen molar-refractivity contribution in [1.29, 1.82) is 0 Å². The molecule has 0 aliphatic heterocycles. The number of rotatable bonds is 7. The van der Waals surface area contributed by atoms with E-state index in [0.29, 0.717) is 27.1 Å². The van der Waals surface area contributed by atoms with Crippen LogP contribution in [0.3, 0.4) is 0 Å². The van der Waals surface area contributed by atoms with Gasteiger partial charge >= 0.3 is 11.8 Å². The molecule has 2 N–H and O–H groups in total. The van der Waals surface area contributed by atoms with Crippen molar-refractivity contribution in [2.24, 2.45) is 5.10 Å². The van der Waals surface area contributed by atoms with Crippen LogP contribution in [0.25, 0.3) is 0 Å². The van der Waals surface area contributed by atoms with E-state index in [2.05, 4.69) is 15.8 Å². The maximum atomic E-state index is 11.8. The van der Waals surface area contributed by atoms with Crippen molar-refractivity contribution < 1.29 is 19.1 Å². The van der Waals surface area contributed by atoms with Gasteiger partial charge in [-0.15, -0.1) is 0 Å². The maximum Gasteiger partial charge on any atom is 0.329 e. The quantitative estimate of drug-likeness (QED) is 0.396. The highest BCUT2D eigenvalue weighted by atomic mass is 35.5. The molecule has 0 saturated heterocycles. The van der Waals surface area contributed by atoms with Gasteiger partial charge in [0.15, 0.2) is 11.5 Å². The van der Waals surface area contributed by atoms with Gasteiger partial charge in [0.05, 0.1) is 23.4 Å². The van der Waals surface area contributed by atoms with Crippen molar-refractivity contribution in [3.63, 3.8) is 0 Å². The highest BCUT2D eigenvalue weighted by Gasteiger charge is 2.26. The minimum absolute atomic E-state index is 0.0944. The third kappa shape index (κ3) is 5.85. The highest BCUT2D eigenvalue weighted by molar-refractivity contribution is 6.42. The first-order valence-corrected chi connectivity index (χ1v) is 9.61. The normalized spacial score (nSPS) is 13.2. The number of nitrogens with one attached hydrogen (secondary N) is 2. The van der Waals surface area contributed by atoms with E-state index in [-0.39, 0.29) is 12.6 Å². The van der Waals surface area contributed by atoms with Crippen LogP contribution in [-0.4, -0.2) is 31.2 Å². The first kappa shape index (κ1) is 21.0. The van der Waals surface area contributed by atoms with Crippen molar-refractivity contribution in [1.82, 2.24) is 10.7 Å². The minimum atomic E-state index is -0.825. The molecule has 3 rings (SSSR count). The van der Waals surface area contributed by atoms with Crippen LogP contribution in [0, 0.1) is 0 Å². The molecule has 1 fully saturated rings. The number of hydrogen-bond donors (Lipinski definition) is 2. The average Bonchev–Trinajstić information content (AvgIpc) is 3.53. The van der Waals surface area contributed by atoms with Crippen LogP contribution in [0.5, 0.6) is 11.5 Å². The van der Waals surface area contributed by atoms with E-state index >= 15 is 0 Å². The van der Waals surface area contributed by atoms with Gasteiger partial charge in [-0.2, -0.15) is 5.10 Å². The van der Waals surface area contributed by atoms with E-state index in [9.17, 15) is 9.59 Å². The van der Waals surface area contributed by atoms with Gasteiger partial charge in [-0.25, -0.2) is 5.43 Å². The van der Waals surface area contributed by atoms with E-state index in [1.54, 1.807) is 36.4 Å². The Kier molecular flexibility index (Phi) is 6.95. The first-order valence-electron chi connectivity index (χ1n) is 8.85. The summed E-state index contributed by atoms with van der Waals surface area (Å²) in [5, 5.41) is 7.33. The fourth-order valence-corrected chi connectivity index (χ4v) is 2.75. The van der Waals surface area contributed by atoms with Gasteiger partial charge in [0.2, 0.25) is 0 Å². The number of carbonyl (C=O) groups is 2. The number of carbonyl (C=O) groups excluding carboxylic acids is 2. The summed E-state index contributed by atoms with van der Waals surface area (Å²) in [6, 6.07) is 10.5. The smallest absolute Gasteiger partial charge is 0.329 e. The first-order chi connectivity index (χ1) is 14.0. The fourth-order valence-electron chi connectivity index (χ4n) is 2.42. The Labute approximate surface area is 178 Å². The summed E-state index contributed by atoms with van der Waals surface area (Å²) in [5.74, 6) is -0.603. The second-order valence-corrected chi connectivity index (χ2v) is 7.18. The van der Waals surface area contributed by atoms with E-state index in [0.717, 1.165) is 18.4 Å². The number of halogens is 2. The molecule has 1 aliphatic rings. The monoisotopic (exact) mass is 435 g/mol. The van der Waals surface area contributed by atoms with Gasteiger partial charge in [0.1, 0.15) is 6.61 Å². The summed E-state index contributed by atoms with van der Waals surface area (Å²) >= 11 is 12.0. The van der Waals surface area contributed by atoms with E-state index in [1.165, 1.54) is 13.3 Å². The summed E-state index contributed by atoms with van der Waals surface area (Å²) in [5.41, 5.74) is 3.59. The zero-order valence-corrected chi connectivity index (χ0v) is 17.1. The number of para-hydroxylation sites is 1. The number of ether oxygens (including phenoxy) is 2.